The van der Waals surface area contributed by atoms with Gasteiger partial charge in [-0.05, 0) is 36.4 Å². The van der Waals surface area contributed by atoms with Gasteiger partial charge in [-0.2, -0.15) is 0 Å². The number of hydrogen-bond acceptors (Lipinski definition) is 5. The molecule has 30 heavy (non-hydrogen) atoms. The minimum absolute atomic E-state index is 0.00952. The van der Waals surface area contributed by atoms with Crippen LogP contribution < -0.4 is 15.0 Å². The number of anilines is 1. The molecule has 4 rings (SSSR count). The first kappa shape index (κ1) is 21.1. The molecule has 0 saturated carbocycles. The van der Waals surface area contributed by atoms with Crippen molar-refractivity contribution in [2.75, 3.05) is 38.2 Å². The van der Waals surface area contributed by atoms with Gasteiger partial charge in [0.1, 0.15) is 5.75 Å². The SMILES string of the molecule is COc1ccc(S(=O)(=O)n2cc(C(F)F)c3c(N4CCNCC4)cc(Br)cc32)cc1. The highest BCUT2D eigenvalue weighted by Crippen LogP contribution is 2.40. The Hall–Kier alpha value is -2.17. The van der Waals surface area contributed by atoms with Gasteiger partial charge in [-0.1, -0.05) is 15.9 Å². The van der Waals surface area contributed by atoms with E-state index >= 15 is 0 Å². The molecule has 0 bridgehead atoms. The van der Waals surface area contributed by atoms with Gasteiger partial charge in [0.05, 0.1) is 17.5 Å². The van der Waals surface area contributed by atoms with E-state index in [9.17, 15) is 17.2 Å². The lowest BCUT2D eigenvalue weighted by atomic mass is 10.1. The summed E-state index contributed by atoms with van der Waals surface area (Å²) in [5.74, 6) is 0.503. The first-order valence-corrected chi connectivity index (χ1v) is 11.5. The van der Waals surface area contributed by atoms with E-state index in [1.54, 1.807) is 12.1 Å². The van der Waals surface area contributed by atoms with Crippen LogP contribution in [0.5, 0.6) is 5.75 Å². The Kier molecular flexibility index (Phi) is 5.73. The topological polar surface area (TPSA) is 63.6 Å². The van der Waals surface area contributed by atoms with Gasteiger partial charge < -0.3 is 15.0 Å². The number of ether oxygens (including phenoxy) is 1. The van der Waals surface area contributed by atoms with Crippen LogP contribution in [-0.4, -0.2) is 45.7 Å². The maximum Gasteiger partial charge on any atom is 0.268 e. The number of fused-ring (bicyclic) bond motifs is 1. The van der Waals surface area contributed by atoms with Gasteiger partial charge in [0.15, 0.2) is 0 Å². The van der Waals surface area contributed by atoms with E-state index in [1.807, 2.05) is 4.90 Å². The van der Waals surface area contributed by atoms with E-state index in [-0.39, 0.29) is 21.4 Å². The van der Waals surface area contributed by atoms with Crippen molar-refractivity contribution in [2.24, 2.45) is 0 Å². The second kappa shape index (κ2) is 8.16. The molecule has 2 aromatic carbocycles. The second-order valence-electron chi connectivity index (χ2n) is 6.92. The molecule has 0 amide bonds. The summed E-state index contributed by atoms with van der Waals surface area (Å²) < 4.78 is 61.2. The first-order chi connectivity index (χ1) is 14.3. The summed E-state index contributed by atoms with van der Waals surface area (Å²) in [6.45, 7) is 2.74. The van der Waals surface area contributed by atoms with Crippen LogP contribution in [0, 0.1) is 0 Å². The van der Waals surface area contributed by atoms with Crippen molar-refractivity contribution < 1.29 is 21.9 Å². The van der Waals surface area contributed by atoms with Gasteiger partial charge in [0, 0.05) is 53.5 Å². The molecule has 10 heteroatoms. The lowest BCUT2D eigenvalue weighted by Gasteiger charge is -2.30. The molecule has 0 atom stereocenters. The minimum Gasteiger partial charge on any atom is -0.497 e. The molecule has 6 nitrogen and oxygen atoms in total. The number of benzene rings is 2. The zero-order valence-electron chi connectivity index (χ0n) is 16.1. The largest absolute Gasteiger partial charge is 0.497 e. The van der Waals surface area contributed by atoms with Crippen LogP contribution in [0.3, 0.4) is 0 Å². The van der Waals surface area contributed by atoms with E-state index in [1.165, 1.54) is 31.4 Å². The Morgan fingerprint density at radius 1 is 1.13 bits per heavy atom. The number of nitrogens with one attached hydrogen (secondary N) is 1. The lowest BCUT2D eigenvalue weighted by Crippen LogP contribution is -2.43. The summed E-state index contributed by atoms with van der Waals surface area (Å²) in [7, 11) is -2.61. The molecule has 0 spiro atoms. The quantitative estimate of drug-likeness (QED) is 0.574. The maximum atomic E-state index is 14.0. The fourth-order valence-corrected chi connectivity index (χ4v) is 5.49. The average Bonchev–Trinajstić information content (AvgIpc) is 3.14. The Morgan fingerprint density at radius 3 is 2.40 bits per heavy atom. The number of halogens is 3. The van der Waals surface area contributed by atoms with Gasteiger partial charge >= 0.3 is 0 Å². The fourth-order valence-electron chi connectivity index (χ4n) is 3.69. The predicted molar refractivity (Wildman–Crippen MR) is 115 cm³/mol. The third-order valence-corrected chi connectivity index (χ3v) is 7.30. The van der Waals surface area contributed by atoms with Crippen LogP contribution in [0.2, 0.25) is 0 Å². The standard InChI is InChI=1S/C20H20BrF2N3O3S/c1-29-14-2-4-15(5-3-14)30(27,28)26-12-16(20(22)23)19-17(10-13(21)11-18(19)26)25-8-6-24-7-9-25/h2-5,10-12,20,24H,6-9H2,1H3. The van der Waals surface area contributed by atoms with Crippen LogP contribution in [0.25, 0.3) is 10.9 Å². The molecule has 1 aliphatic rings. The molecule has 1 fully saturated rings. The van der Waals surface area contributed by atoms with Crippen LogP contribution in [0.15, 0.2) is 52.0 Å². The van der Waals surface area contributed by atoms with Gasteiger partial charge in [0.25, 0.3) is 16.4 Å². The van der Waals surface area contributed by atoms with Crippen molar-refractivity contribution in [3.8, 4) is 5.75 Å². The monoisotopic (exact) mass is 499 g/mol. The summed E-state index contributed by atoms with van der Waals surface area (Å²) in [5.41, 5.74) is 0.506. The molecule has 0 unspecified atom stereocenters. The van der Waals surface area contributed by atoms with Crippen LogP contribution in [0.4, 0.5) is 14.5 Å². The summed E-state index contributed by atoms with van der Waals surface area (Å²) in [6, 6.07) is 9.18. The molecular formula is C20H20BrF2N3O3S. The average molecular weight is 500 g/mol. The highest BCUT2D eigenvalue weighted by atomic mass is 79.9. The van der Waals surface area contributed by atoms with Crippen LogP contribution in [-0.2, 0) is 10.0 Å². The summed E-state index contributed by atoms with van der Waals surface area (Å²) in [4.78, 5) is 1.99. The molecular weight excluding hydrogens is 480 g/mol. The lowest BCUT2D eigenvalue weighted by molar-refractivity contribution is 0.153. The number of aromatic nitrogens is 1. The maximum absolute atomic E-state index is 14.0. The van der Waals surface area contributed by atoms with Crippen molar-refractivity contribution in [1.29, 1.82) is 0 Å². The predicted octanol–water partition coefficient (Wildman–Crippen LogP) is 4.00. The molecule has 0 aliphatic carbocycles. The van der Waals surface area contributed by atoms with Crippen molar-refractivity contribution >= 4 is 42.5 Å². The number of nitrogens with zero attached hydrogens (tertiary/aromatic N) is 2. The van der Waals surface area contributed by atoms with E-state index < -0.39 is 16.4 Å². The fraction of sp³-hybridized carbons (Fsp3) is 0.300. The van der Waals surface area contributed by atoms with E-state index in [2.05, 4.69) is 21.2 Å². The van der Waals surface area contributed by atoms with E-state index in [4.69, 9.17) is 4.74 Å². The second-order valence-corrected chi connectivity index (χ2v) is 9.65. The number of hydrogen-bond donors (Lipinski definition) is 1. The highest BCUT2D eigenvalue weighted by molar-refractivity contribution is 9.10. The Bertz CT molecular complexity index is 1170. The normalized spacial score (nSPS) is 15.2. The summed E-state index contributed by atoms with van der Waals surface area (Å²) >= 11 is 3.42. The van der Waals surface area contributed by atoms with Crippen molar-refractivity contribution in [1.82, 2.24) is 9.29 Å². The van der Waals surface area contributed by atoms with Crippen molar-refractivity contribution in [2.45, 2.75) is 11.3 Å². The highest BCUT2D eigenvalue weighted by Gasteiger charge is 2.28. The number of methoxy groups -OCH3 is 1. The van der Waals surface area contributed by atoms with E-state index in [0.717, 1.165) is 23.3 Å². The number of rotatable bonds is 5. The molecule has 3 aromatic rings. The number of piperazine rings is 1. The van der Waals surface area contributed by atoms with Gasteiger partial charge in [-0.3, -0.25) is 0 Å². The van der Waals surface area contributed by atoms with Gasteiger partial charge in [-0.25, -0.2) is 21.2 Å². The third-order valence-electron chi connectivity index (χ3n) is 5.15. The Balaban J connectivity index is 1.95. The van der Waals surface area contributed by atoms with Crippen molar-refractivity contribution in [3.63, 3.8) is 0 Å². The smallest absolute Gasteiger partial charge is 0.268 e. The zero-order valence-corrected chi connectivity index (χ0v) is 18.5. The molecule has 1 N–H and O–H groups in total. The molecule has 0 radical (unpaired) electrons. The van der Waals surface area contributed by atoms with E-state index in [0.29, 0.717) is 29.0 Å². The van der Waals surface area contributed by atoms with Gasteiger partial charge in [-0.15, -0.1) is 0 Å². The van der Waals surface area contributed by atoms with Crippen LogP contribution >= 0.6 is 15.9 Å². The Morgan fingerprint density at radius 2 is 1.80 bits per heavy atom. The van der Waals surface area contributed by atoms with Crippen LogP contribution in [0.1, 0.15) is 12.0 Å². The summed E-state index contributed by atoms with van der Waals surface area (Å²) in [6.07, 6.45) is -1.78. The molecule has 1 saturated heterocycles. The first-order valence-electron chi connectivity index (χ1n) is 9.31. The third kappa shape index (κ3) is 3.67. The molecule has 1 aliphatic heterocycles. The molecule has 2 heterocycles. The van der Waals surface area contributed by atoms with Crippen molar-refractivity contribution in [3.05, 3.63) is 52.6 Å². The molecule has 1 aromatic heterocycles. The molecule has 160 valence electrons. The summed E-state index contributed by atoms with van der Waals surface area (Å²) in [5, 5.41) is 3.49. The Labute approximate surface area is 181 Å². The zero-order chi connectivity index (χ0) is 21.5. The number of alkyl halides is 2. The minimum atomic E-state index is -4.09. The van der Waals surface area contributed by atoms with Gasteiger partial charge in [0.2, 0.25) is 0 Å².